The zero-order valence-electron chi connectivity index (χ0n) is 3.27. The van der Waals surface area contributed by atoms with Gasteiger partial charge in [-0.15, -0.1) is 0 Å². The van der Waals surface area contributed by atoms with Crippen molar-refractivity contribution in [2.75, 3.05) is 6.54 Å². The van der Waals surface area contributed by atoms with Crippen molar-refractivity contribution in [3.8, 4) is 0 Å². The Morgan fingerprint density at radius 2 is 2.50 bits per heavy atom. The Morgan fingerprint density at radius 3 is 2.50 bits per heavy atom. The minimum atomic E-state index is -0.898. The molecule has 33 valence electrons. The molecule has 0 fully saturated rings. The average molecular weight is 85.1 g/mol. The van der Waals surface area contributed by atoms with Crippen LogP contribution < -0.4 is 0 Å². The summed E-state index contributed by atoms with van der Waals surface area (Å²) in [6, 6.07) is -0.898. The van der Waals surface area contributed by atoms with Crippen LogP contribution in [-0.4, -0.2) is 12.6 Å². The second-order valence-corrected chi connectivity index (χ2v) is 0.687. The summed E-state index contributed by atoms with van der Waals surface area (Å²) in [4.78, 5) is 3.04. The average Bonchev–Trinajstić information content (AvgIpc) is 1.35. The maximum absolute atomic E-state index is 9.50. The highest BCUT2D eigenvalue weighted by Crippen LogP contribution is 1.69. The van der Waals surface area contributed by atoms with E-state index in [0.29, 0.717) is 0 Å². The fourth-order valence-corrected chi connectivity index (χ4v) is 0.102. The van der Waals surface area contributed by atoms with Crippen LogP contribution in [0.2, 0.25) is 0 Å². The van der Waals surface area contributed by atoms with Crippen LogP contribution in [0.4, 0.5) is 0 Å². The molecule has 0 spiro atoms. The van der Waals surface area contributed by atoms with Crippen LogP contribution in [0.15, 0.2) is 4.99 Å². The molecule has 0 heterocycles. The fraction of sp³-hybridized carbons (Fsp3) is 0.333. The van der Waals surface area contributed by atoms with Gasteiger partial charge in [0.2, 0.25) is 0 Å². The number of aliphatic imine (C=N–C) groups is 1. The molecule has 0 saturated heterocycles. The van der Waals surface area contributed by atoms with Gasteiger partial charge in [0.05, 0.1) is 13.5 Å². The number of hydrogen-bond acceptors (Lipinski definition) is 1. The summed E-state index contributed by atoms with van der Waals surface area (Å²) < 4.78 is 0. The van der Waals surface area contributed by atoms with E-state index in [1.807, 2.05) is 0 Å². The molecule has 0 aliphatic heterocycles. The number of nitrogens with one attached hydrogen (secondary N) is 1. The minimum absolute atomic E-state index is 0.169. The van der Waals surface area contributed by atoms with Crippen molar-refractivity contribution in [2.45, 2.75) is 0 Å². The molecule has 6 heavy (non-hydrogen) atoms. The highest BCUT2D eigenvalue weighted by molar-refractivity contribution is 5.78. The highest BCUT2D eigenvalue weighted by atomic mass is 16.3. The van der Waals surface area contributed by atoms with Crippen LogP contribution in [0.1, 0.15) is 0 Å². The molecule has 0 aromatic heterocycles. The van der Waals surface area contributed by atoms with Gasteiger partial charge in [0, 0.05) is 0 Å². The molecule has 0 aromatic carbocycles. The summed E-state index contributed by atoms with van der Waals surface area (Å²) >= 11 is 0. The van der Waals surface area contributed by atoms with Crippen molar-refractivity contribution >= 4 is 6.02 Å². The maximum atomic E-state index is 9.50. The predicted molar refractivity (Wildman–Crippen MR) is 22.7 cm³/mol. The molecule has 0 rings (SSSR count). The minimum Gasteiger partial charge on any atom is -0.447 e. The quantitative estimate of drug-likeness (QED) is 0.255. The van der Waals surface area contributed by atoms with Crippen molar-refractivity contribution in [3.05, 3.63) is 12.7 Å². The standard InChI is InChI=1S/C3H5N2O/c1-2-5-3(4)6/h1-2H2,(H-,4,5). The molecular weight excluding hydrogens is 80.0 g/mol. The third kappa shape index (κ3) is 3.14. The largest absolute Gasteiger partial charge is 0.447 e. The smallest absolute Gasteiger partial charge is 0.155 e. The van der Waals surface area contributed by atoms with E-state index in [1.165, 1.54) is 0 Å². The van der Waals surface area contributed by atoms with Crippen molar-refractivity contribution in [3.63, 3.8) is 0 Å². The summed E-state index contributed by atoms with van der Waals surface area (Å²) in [6.45, 7) is 3.39. The van der Waals surface area contributed by atoms with Gasteiger partial charge in [-0.3, -0.25) is 5.11 Å². The van der Waals surface area contributed by atoms with E-state index >= 15 is 0 Å². The van der Waals surface area contributed by atoms with Crippen LogP contribution in [0.3, 0.4) is 0 Å². The van der Waals surface area contributed by atoms with E-state index in [-0.39, 0.29) is 6.54 Å². The number of hydrogen-bond donors (Lipinski definition) is 0. The first-order chi connectivity index (χ1) is 2.77. The van der Waals surface area contributed by atoms with Crippen LogP contribution in [0, 0.1) is 6.92 Å². The lowest BCUT2D eigenvalue weighted by atomic mass is 10.8. The lowest BCUT2D eigenvalue weighted by Crippen LogP contribution is -1.81. The number of rotatable bonds is 1. The van der Waals surface area contributed by atoms with Crippen molar-refractivity contribution < 1.29 is 5.11 Å². The van der Waals surface area contributed by atoms with Gasteiger partial charge in [-0.1, -0.05) is 0 Å². The van der Waals surface area contributed by atoms with Gasteiger partial charge in [-0.25, -0.2) is 0 Å². The highest BCUT2D eigenvalue weighted by Gasteiger charge is 1.66. The molecule has 1 radical (unpaired) electrons. The van der Waals surface area contributed by atoms with Gasteiger partial charge in [-0.2, -0.15) is 0 Å². The summed E-state index contributed by atoms with van der Waals surface area (Å²) in [6.07, 6.45) is 0. The van der Waals surface area contributed by atoms with Crippen LogP contribution in [0.5, 0.6) is 0 Å². The SMILES string of the molecule is [CH2+]CN=C([NH-])[O]. The van der Waals surface area contributed by atoms with Gasteiger partial charge in [0.15, 0.2) is 6.02 Å². The number of amidine groups is 1. The molecule has 3 nitrogen and oxygen atoms in total. The molecule has 0 unspecified atom stereocenters. The topological polar surface area (TPSA) is 56.1 Å². The molecule has 0 aliphatic rings. The first-order valence-corrected chi connectivity index (χ1v) is 1.49. The molecule has 0 atom stereocenters. The monoisotopic (exact) mass is 85.0 g/mol. The Balaban J connectivity index is 3.14. The second kappa shape index (κ2) is 2.38. The van der Waals surface area contributed by atoms with E-state index in [1.54, 1.807) is 0 Å². The van der Waals surface area contributed by atoms with E-state index < -0.39 is 6.02 Å². The predicted octanol–water partition coefficient (Wildman–Crippen LogP) is 0.659. The molecule has 0 amide bonds. The van der Waals surface area contributed by atoms with Gasteiger partial charge in [0.1, 0.15) is 0 Å². The third-order valence-corrected chi connectivity index (χ3v) is 0.255. The van der Waals surface area contributed by atoms with E-state index in [9.17, 15) is 5.11 Å². The van der Waals surface area contributed by atoms with E-state index in [2.05, 4.69) is 11.9 Å². The lowest BCUT2D eigenvalue weighted by Gasteiger charge is -1.85. The zero-order valence-corrected chi connectivity index (χ0v) is 3.27. The van der Waals surface area contributed by atoms with Gasteiger partial charge < -0.3 is 10.7 Å². The van der Waals surface area contributed by atoms with Crippen LogP contribution in [0.25, 0.3) is 5.73 Å². The number of nitrogens with zero attached hydrogens (tertiary/aromatic N) is 1. The first-order valence-electron chi connectivity index (χ1n) is 1.49. The third-order valence-electron chi connectivity index (χ3n) is 0.255. The molecule has 0 saturated carbocycles. The Hall–Kier alpha value is -0.860. The summed E-state index contributed by atoms with van der Waals surface area (Å²) in [5.74, 6) is 0. The lowest BCUT2D eigenvalue weighted by molar-refractivity contribution is 0.430. The molecular formula is C3H5N2O. The fourth-order valence-electron chi connectivity index (χ4n) is 0.102. The van der Waals surface area contributed by atoms with Crippen LogP contribution >= 0.6 is 0 Å². The first kappa shape index (κ1) is 5.14. The zero-order chi connectivity index (χ0) is 4.99. The van der Waals surface area contributed by atoms with Gasteiger partial charge in [-0.05, 0) is 0 Å². The van der Waals surface area contributed by atoms with Crippen molar-refractivity contribution in [2.24, 2.45) is 4.99 Å². The second-order valence-electron chi connectivity index (χ2n) is 0.687. The van der Waals surface area contributed by atoms with Gasteiger partial charge in [0.25, 0.3) is 0 Å². The molecule has 1 N–H and O–H groups in total. The Kier molecular flexibility index (Phi) is 2.04. The maximum Gasteiger partial charge on any atom is 0.155 e. The van der Waals surface area contributed by atoms with Gasteiger partial charge >= 0.3 is 0 Å². The summed E-state index contributed by atoms with van der Waals surface area (Å²) in [5.41, 5.74) is 6.13. The summed E-state index contributed by atoms with van der Waals surface area (Å²) in [7, 11) is 0. The Morgan fingerprint density at radius 1 is 2.00 bits per heavy atom. The van der Waals surface area contributed by atoms with E-state index in [0.717, 1.165) is 0 Å². The Bertz CT molecular complexity index is 55.8. The van der Waals surface area contributed by atoms with Crippen LogP contribution in [-0.2, 0) is 5.11 Å². The molecule has 0 bridgehead atoms. The Labute approximate surface area is 36.5 Å². The molecule has 3 heteroatoms. The summed E-state index contributed by atoms with van der Waals surface area (Å²) in [5, 5.41) is 9.50. The van der Waals surface area contributed by atoms with Crippen molar-refractivity contribution in [1.29, 1.82) is 0 Å². The molecule has 0 aromatic rings. The van der Waals surface area contributed by atoms with E-state index in [4.69, 9.17) is 5.73 Å². The normalized spacial score (nSPS) is 11.7. The van der Waals surface area contributed by atoms with Crippen molar-refractivity contribution in [1.82, 2.24) is 0 Å². The molecule has 0 aliphatic carbocycles.